The molecule has 18 heavy (non-hydrogen) atoms. The van der Waals surface area contributed by atoms with Gasteiger partial charge in [-0.1, -0.05) is 37.8 Å². The quantitative estimate of drug-likeness (QED) is 0.810. The zero-order chi connectivity index (χ0) is 12.8. The second-order valence-electron chi connectivity index (χ2n) is 5.35. The van der Waals surface area contributed by atoms with Crippen molar-refractivity contribution in [1.29, 1.82) is 0 Å². The fourth-order valence-corrected chi connectivity index (χ4v) is 2.79. The van der Waals surface area contributed by atoms with E-state index in [1.165, 1.54) is 44.1 Å². The van der Waals surface area contributed by atoms with Crippen LogP contribution in [-0.2, 0) is 0 Å². The maximum absolute atomic E-state index is 5.20. The molecule has 1 fully saturated rings. The highest BCUT2D eigenvalue weighted by Crippen LogP contribution is 2.22. The minimum atomic E-state index is 0.430. The highest BCUT2D eigenvalue weighted by atomic mass is 16.5. The summed E-state index contributed by atoms with van der Waals surface area (Å²) < 4.78 is 5.20. The predicted octanol–water partition coefficient (Wildman–Crippen LogP) is 4.07. The van der Waals surface area contributed by atoms with Crippen molar-refractivity contribution >= 4 is 0 Å². The molecule has 0 saturated heterocycles. The number of hydrogen-bond acceptors (Lipinski definition) is 2. The van der Waals surface area contributed by atoms with Gasteiger partial charge in [0, 0.05) is 12.1 Å². The normalized spacial score (nSPS) is 19.2. The molecule has 1 aromatic rings. The molecule has 0 radical (unpaired) electrons. The minimum absolute atomic E-state index is 0.430. The van der Waals surface area contributed by atoms with Crippen molar-refractivity contribution in [3.8, 4) is 5.75 Å². The van der Waals surface area contributed by atoms with E-state index < -0.39 is 0 Å². The molecular formula is C16H25NO. The van der Waals surface area contributed by atoms with Gasteiger partial charge in [-0.25, -0.2) is 0 Å². The van der Waals surface area contributed by atoms with Gasteiger partial charge in [0.05, 0.1) is 7.11 Å². The Hall–Kier alpha value is -1.02. The lowest BCUT2D eigenvalue weighted by atomic mass is 10.0. The molecule has 0 aliphatic heterocycles. The fourth-order valence-electron chi connectivity index (χ4n) is 2.79. The van der Waals surface area contributed by atoms with E-state index in [0.29, 0.717) is 12.1 Å². The van der Waals surface area contributed by atoms with E-state index in [-0.39, 0.29) is 0 Å². The lowest BCUT2D eigenvalue weighted by molar-refractivity contribution is 0.408. The Morgan fingerprint density at radius 1 is 1.06 bits per heavy atom. The molecule has 2 nitrogen and oxygen atoms in total. The molecule has 0 unspecified atom stereocenters. The molecule has 1 saturated carbocycles. The van der Waals surface area contributed by atoms with Crippen molar-refractivity contribution in [3.63, 3.8) is 0 Å². The molecule has 1 aliphatic rings. The molecule has 1 atom stereocenters. The Morgan fingerprint density at radius 2 is 1.67 bits per heavy atom. The highest BCUT2D eigenvalue weighted by molar-refractivity contribution is 5.28. The first-order valence-electron chi connectivity index (χ1n) is 7.19. The molecule has 2 rings (SSSR count). The Morgan fingerprint density at radius 3 is 2.22 bits per heavy atom. The van der Waals surface area contributed by atoms with E-state index in [1.54, 1.807) is 7.11 Å². The zero-order valence-corrected chi connectivity index (χ0v) is 11.6. The Labute approximate surface area is 111 Å². The third-order valence-electron chi connectivity index (χ3n) is 3.96. The van der Waals surface area contributed by atoms with E-state index in [4.69, 9.17) is 4.74 Å². The minimum Gasteiger partial charge on any atom is -0.497 e. The number of hydrogen-bond donors (Lipinski definition) is 1. The number of methoxy groups -OCH3 is 1. The molecule has 0 bridgehead atoms. The molecule has 0 aromatic heterocycles. The molecule has 0 spiro atoms. The second-order valence-corrected chi connectivity index (χ2v) is 5.35. The zero-order valence-electron chi connectivity index (χ0n) is 11.6. The van der Waals surface area contributed by atoms with Crippen molar-refractivity contribution in [2.75, 3.05) is 7.11 Å². The van der Waals surface area contributed by atoms with Crippen molar-refractivity contribution in [2.24, 2.45) is 0 Å². The lowest BCUT2D eigenvalue weighted by Gasteiger charge is -2.22. The van der Waals surface area contributed by atoms with Crippen molar-refractivity contribution in [2.45, 2.75) is 57.5 Å². The molecular weight excluding hydrogens is 222 g/mol. The predicted molar refractivity (Wildman–Crippen MR) is 76.0 cm³/mol. The number of benzene rings is 1. The van der Waals surface area contributed by atoms with E-state index >= 15 is 0 Å². The van der Waals surface area contributed by atoms with Crippen LogP contribution in [0.25, 0.3) is 0 Å². The van der Waals surface area contributed by atoms with E-state index in [1.807, 2.05) is 12.1 Å². The summed E-state index contributed by atoms with van der Waals surface area (Å²) in [5.41, 5.74) is 1.35. The van der Waals surface area contributed by atoms with E-state index in [9.17, 15) is 0 Å². The third-order valence-corrected chi connectivity index (χ3v) is 3.96. The SMILES string of the molecule is COc1ccc([C@H](C)NC2CCCCCC2)cc1. The van der Waals surface area contributed by atoms with Gasteiger partial charge in [0.1, 0.15) is 5.75 Å². The number of nitrogens with one attached hydrogen (secondary N) is 1. The summed E-state index contributed by atoms with van der Waals surface area (Å²) in [5.74, 6) is 0.931. The van der Waals surface area contributed by atoms with Gasteiger partial charge in [-0.3, -0.25) is 0 Å². The van der Waals surface area contributed by atoms with Gasteiger partial charge >= 0.3 is 0 Å². The second kappa shape index (κ2) is 6.79. The largest absolute Gasteiger partial charge is 0.497 e. The first-order chi connectivity index (χ1) is 8.79. The van der Waals surface area contributed by atoms with Crippen molar-refractivity contribution in [1.82, 2.24) is 5.32 Å². The van der Waals surface area contributed by atoms with E-state index in [0.717, 1.165) is 5.75 Å². The van der Waals surface area contributed by atoms with Crippen LogP contribution in [0.5, 0.6) is 5.75 Å². The molecule has 1 N–H and O–H groups in total. The van der Waals surface area contributed by atoms with Crippen LogP contribution < -0.4 is 10.1 Å². The summed E-state index contributed by atoms with van der Waals surface area (Å²) in [7, 11) is 1.71. The van der Waals surface area contributed by atoms with Gasteiger partial charge in [-0.05, 0) is 37.5 Å². The van der Waals surface area contributed by atoms with Crippen LogP contribution in [0, 0.1) is 0 Å². The van der Waals surface area contributed by atoms with Crippen LogP contribution in [0.1, 0.15) is 57.1 Å². The van der Waals surface area contributed by atoms with Gasteiger partial charge in [0.15, 0.2) is 0 Å². The smallest absolute Gasteiger partial charge is 0.118 e. The third kappa shape index (κ3) is 3.74. The van der Waals surface area contributed by atoms with Crippen LogP contribution in [0.15, 0.2) is 24.3 Å². The summed E-state index contributed by atoms with van der Waals surface area (Å²) in [6, 6.07) is 9.53. The van der Waals surface area contributed by atoms with Crippen LogP contribution in [0.4, 0.5) is 0 Å². The van der Waals surface area contributed by atoms with Crippen LogP contribution in [-0.4, -0.2) is 13.2 Å². The Bertz CT molecular complexity index is 339. The summed E-state index contributed by atoms with van der Waals surface area (Å²) >= 11 is 0. The average molecular weight is 247 g/mol. The van der Waals surface area contributed by atoms with Crippen LogP contribution in [0.2, 0.25) is 0 Å². The molecule has 2 heteroatoms. The van der Waals surface area contributed by atoms with Crippen LogP contribution in [0.3, 0.4) is 0 Å². The van der Waals surface area contributed by atoms with Crippen molar-refractivity contribution in [3.05, 3.63) is 29.8 Å². The van der Waals surface area contributed by atoms with Gasteiger partial charge in [-0.15, -0.1) is 0 Å². The molecule has 100 valence electrons. The number of rotatable bonds is 4. The first-order valence-corrected chi connectivity index (χ1v) is 7.19. The lowest BCUT2D eigenvalue weighted by Crippen LogP contribution is -2.30. The monoisotopic (exact) mass is 247 g/mol. The Balaban J connectivity index is 1.90. The molecule has 0 heterocycles. The summed E-state index contributed by atoms with van der Waals surface area (Å²) in [4.78, 5) is 0. The van der Waals surface area contributed by atoms with Crippen LogP contribution >= 0.6 is 0 Å². The molecule has 1 aromatic carbocycles. The highest BCUT2D eigenvalue weighted by Gasteiger charge is 2.15. The summed E-state index contributed by atoms with van der Waals surface area (Å²) in [6.07, 6.45) is 8.26. The fraction of sp³-hybridized carbons (Fsp3) is 0.625. The maximum atomic E-state index is 5.20. The van der Waals surface area contributed by atoms with Gasteiger partial charge in [0.25, 0.3) is 0 Å². The van der Waals surface area contributed by atoms with Crippen molar-refractivity contribution < 1.29 is 4.74 Å². The standard InChI is InChI=1S/C16H25NO/c1-13(14-9-11-16(18-2)12-10-14)17-15-7-5-3-4-6-8-15/h9-13,15,17H,3-8H2,1-2H3/t13-/m0/s1. The maximum Gasteiger partial charge on any atom is 0.118 e. The molecule has 0 amide bonds. The van der Waals surface area contributed by atoms with Gasteiger partial charge in [-0.2, -0.15) is 0 Å². The topological polar surface area (TPSA) is 21.3 Å². The van der Waals surface area contributed by atoms with Gasteiger partial charge in [0.2, 0.25) is 0 Å². The average Bonchev–Trinajstić information content (AvgIpc) is 2.67. The van der Waals surface area contributed by atoms with Gasteiger partial charge < -0.3 is 10.1 Å². The van der Waals surface area contributed by atoms with E-state index in [2.05, 4.69) is 24.4 Å². The first kappa shape index (κ1) is 13.4. The summed E-state index contributed by atoms with van der Waals surface area (Å²) in [6.45, 7) is 2.26. The molecule has 1 aliphatic carbocycles. The Kier molecular flexibility index (Phi) is 5.06. The number of ether oxygens (including phenoxy) is 1. The summed E-state index contributed by atoms with van der Waals surface area (Å²) in [5, 5.41) is 3.77.